The third-order valence-electron chi connectivity index (χ3n) is 5.63. The summed E-state index contributed by atoms with van der Waals surface area (Å²) >= 11 is 0. The van der Waals surface area contributed by atoms with Crippen molar-refractivity contribution < 1.29 is 26.3 Å². The van der Waals surface area contributed by atoms with Gasteiger partial charge >= 0.3 is 0 Å². The highest BCUT2D eigenvalue weighted by Crippen LogP contribution is 2.31. The summed E-state index contributed by atoms with van der Waals surface area (Å²) in [7, 11) is -5.64. The van der Waals surface area contributed by atoms with Gasteiger partial charge in [0.15, 0.2) is 0 Å². The normalized spacial score (nSPS) is 15.2. The number of methoxy groups -OCH3 is 1. The van der Waals surface area contributed by atoms with Crippen molar-refractivity contribution in [2.75, 3.05) is 33.4 Å². The Morgan fingerprint density at radius 2 is 1.67 bits per heavy atom. The molecule has 0 aromatic heterocycles. The number of sulfonamides is 2. The second-order valence-corrected chi connectivity index (χ2v) is 12.0. The van der Waals surface area contributed by atoms with E-state index >= 15 is 0 Å². The van der Waals surface area contributed by atoms with Gasteiger partial charge in [0, 0.05) is 19.6 Å². The lowest BCUT2D eigenvalue weighted by Gasteiger charge is -2.17. The Morgan fingerprint density at radius 1 is 1.03 bits per heavy atom. The summed E-state index contributed by atoms with van der Waals surface area (Å²) in [5.74, 6) is 1.24. The molecule has 1 saturated heterocycles. The molecule has 1 aliphatic rings. The zero-order chi connectivity index (χ0) is 24.2. The summed E-state index contributed by atoms with van der Waals surface area (Å²) in [5, 5.41) is 0. The molecule has 8 nitrogen and oxygen atoms in total. The second kappa shape index (κ2) is 10.4. The molecule has 3 rings (SSSR count). The van der Waals surface area contributed by atoms with Crippen molar-refractivity contribution in [2.24, 2.45) is 0 Å². The maximum absolute atomic E-state index is 12.8. The molecule has 0 radical (unpaired) electrons. The molecular weight excluding hydrogens is 464 g/mol. The Hall–Kier alpha value is -2.14. The average molecular weight is 497 g/mol. The van der Waals surface area contributed by atoms with Gasteiger partial charge in [0.25, 0.3) is 0 Å². The largest absolute Gasteiger partial charge is 0.496 e. The van der Waals surface area contributed by atoms with Gasteiger partial charge in [-0.1, -0.05) is 13.8 Å². The highest BCUT2D eigenvalue weighted by molar-refractivity contribution is 7.89. The summed E-state index contributed by atoms with van der Waals surface area (Å²) in [5.41, 5.74) is 1.42. The van der Waals surface area contributed by atoms with E-state index in [1.54, 1.807) is 38.3 Å². The van der Waals surface area contributed by atoms with Crippen LogP contribution < -0.4 is 14.2 Å². The maximum atomic E-state index is 12.8. The molecule has 1 N–H and O–H groups in total. The van der Waals surface area contributed by atoms with Gasteiger partial charge < -0.3 is 9.47 Å². The molecule has 33 heavy (non-hydrogen) atoms. The second-order valence-electron chi connectivity index (χ2n) is 8.34. The zero-order valence-electron chi connectivity index (χ0n) is 19.5. The van der Waals surface area contributed by atoms with Gasteiger partial charge in [-0.15, -0.1) is 0 Å². The van der Waals surface area contributed by atoms with Crippen molar-refractivity contribution in [3.8, 4) is 11.5 Å². The van der Waals surface area contributed by atoms with Crippen molar-refractivity contribution in [3.63, 3.8) is 0 Å². The Bertz CT molecular complexity index is 1170. The molecule has 1 heterocycles. The fourth-order valence-electron chi connectivity index (χ4n) is 3.80. The van der Waals surface area contributed by atoms with Crippen LogP contribution in [-0.2, 0) is 20.0 Å². The third kappa shape index (κ3) is 5.87. The van der Waals surface area contributed by atoms with Crippen molar-refractivity contribution in [2.45, 2.75) is 49.3 Å². The Kier molecular flexibility index (Phi) is 8.04. The minimum Gasteiger partial charge on any atom is -0.496 e. The summed E-state index contributed by atoms with van der Waals surface area (Å²) in [4.78, 5) is 0.442. The maximum Gasteiger partial charge on any atom is 0.243 e. The van der Waals surface area contributed by atoms with Crippen molar-refractivity contribution >= 4 is 20.0 Å². The van der Waals surface area contributed by atoms with Gasteiger partial charge in [0.05, 0.1) is 16.9 Å². The lowest BCUT2D eigenvalue weighted by Crippen LogP contribution is -2.29. The zero-order valence-corrected chi connectivity index (χ0v) is 21.1. The third-order valence-corrected chi connectivity index (χ3v) is 9.14. The summed E-state index contributed by atoms with van der Waals surface area (Å²) in [6, 6.07) is 9.59. The molecule has 0 unspecified atom stereocenters. The summed E-state index contributed by atoms with van der Waals surface area (Å²) in [6.45, 7) is 6.96. The van der Waals surface area contributed by atoms with E-state index in [9.17, 15) is 16.8 Å². The van der Waals surface area contributed by atoms with Crippen LogP contribution in [0, 0.1) is 6.92 Å². The Labute approximate surface area is 197 Å². The SMILES string of the molecule is COc1cc(C)c(S(=O)(=O)NCCOc2ccc(S(=O)(=O)N3CCCC3)cc2)cc1C(C)C. The number of nitrogens with zero attached hydrogens (tertiary/aromatic N) is 1. The van der Waals surface area contributed by atoms with Crippen molar-refractivity contribution in [1.29, 1.82) is 0 Å². The molecule has 2 aromatic rings. The summed E-state index contributed by atoms with van der Waals surface area (Å²) in [6.07, 6.45) is 1.76. The van der Waals surface area contributed by atoms with E-state index in [4.69, 9.17) is 9.47 Å². The lowest BCUT2D eigenvalue weighted by atomic mass is 10.0. The first-order chi connectivity index (χ1) is 15.6. The van der Waals surface area contributed by atoms with E-state index in [-0.39, 0.29) is 28.9 Å². The fraction of sp³-hybridized carbons (Fsp3) is 0.478. The molecule has 0 atom stereocenters. The molecule has 0 aliphatic carbocycles. The smallest absolute Gasteiger partial charge is 0.243 e. The van der Waals surface area contributed by atoms with Crippen LogP contribution in [0.1, 0.15) is 43.7 Å². The van der Waals surface area contributed by atoms with Crippen molar-refractivity contribution in [1.82, 2.24) is 9.03 Å². The van der Waals surface area contributed by atoms with Gasteiger partial charge in [-0.2, -0.15) is 4.31 Å². The van der Waals surface area contributed by atoms with E-state index in [1.165, 1.54) is 16.4 Å². The number of hydrogen-bond donors (Lipinski definition) is 1. The van der Waals surface area contributed by atoms with E-state index in [2.05, 4.69) is 4.72 Å². The number of rotatable bonds is 10. The van der Waals surface area contributed by atoms with Crippen LogP contribution in [0.25, 0.3) is 0 Å². The van der Waals surface area contributed by atoms with Gasteiger partial charge in [-0.3, -0.25) is 0 Å². The van der Waals surface area contributed by atoms with Crippen LogP contribution in [0.3, 0.4) is 0 Å². The minimum atomic E-state index is -3.73. The van der Waals surface area contributed by atoms with E-state index in [1.807, 2.05) is 13.8 Å². The van der Waals surface area contributed by atoms with Crippen LogP contribution in [0.4, 0.5) is 0 Å². The molecule has 182 valence electrons. The van der Waals surface area contributed by atoms with Crippen molar-refractivity contribution in [3.05, 3.63) is 47.5 Å². The number of benzene rings is 2. The molecule has 2 aromatic carbocycles. The van der Waals surface area contributed by atoms with Crippen LogP contribution in [0.5, 0.6) is 11.5 Å². The predicted molar refractivity (Wildman–Crippen MR) is 127 cm³/mol. The monoisotopic (exact) mass is 496 g/mol. The first-order valence-corrected chi connectivity index (χ1v) is 13.9. The molecule has 1 aliphatic heterocycles. The predicted octanol–water partition coefficient (Wildman–Crippen LogP) is 3.27. The van der Waals surface area contributed by atoms with E-state index < -0.39 is 20.0 Å². The average Bonchev–Trinajstić information content (AvgIpc) is 3.32. The van der Waals surface area contributed by atoms with Crippen LogP contribution in [0.2, 0.25) is 0 Å². The van der Waals surface area contributed by atoms with E-state index in [0.717, 1.165) is 18.4 Å². The van der Waals surface area contributed by atoms with Gasteiger partial charge in [0.2, 0.25) is 20.0 Å². The quantitative estimate of drug-likeness (QED) is 0.507. The van der Waals surface area contributed by atoms with E-state index in [0.29, 0.717) is 30.2 Å². The van der Waals surface area contributed by atoms with Crippen LogP contribution >= 0.6 is 0 Å². The van der Waals surface area contributed by atoms with Gasteiger partial charge in [-0.05, 0) is 73.2 Å². The Balaban J connectivity index is 1.60. The molecular formula is C23H32N2O6S2. The number of ether oxygens (including phenoxy) is 2. The highest BCUT2D eigenvalue weighted by atomic mass is 32.2. The topological polar surface area (TPSA) is 102 Å². The lowest BCUT2D eigenvalue weighted by molar-refractivity contribution is 0.322. The number of nitrogens with one attached hydrogen (secondary N) is 1. The highest BCUT2D eigenvalue weighted by Gasteiger charge is 2.27. The minimum absolute atomic E-state index is 0.0681. The van der Waals surface area contributed by atoms with Gasteiger partial charge in [0.1, 0.15) is 18.1 Å². The molecule has 0 bridgehead atoms. The molecule has 1 fully saturated rings. The summed E-state index contributed by atoms with van der Waals surface area (Å²) < 4.78 is 65.9. The standard InChI is InChI=1S/C23H32N2O6S2/c1-17(2)21-16-23(18(3)15-22(21)30-4)32(26,27)24-11-14-31-19-7-9-20(10-8-19)33(28,29)25-12-5-6-13-25/h7-10,15-17,24H,5-6,11-14H2,1-4H3. The molecule has 0 saturated carbocycles. The first kappa shape index (κ1) is 25.5. The molecule has 10 heteroatoms. The fourth-order valence-corrected chi connectivity index (χ4v) is 6.59. The number of hydrogen-bond acceptors (Lipinski definition) is 6. The van der Waals surface area contributed by atoms with Crippen LogP contribution in [-0.4, -0.2) is 54.5 Å². The number of aryl methyl sites for hydroxylation is 1. The Morgan fingerprint density at radius 3 is 2.24 bits per heavy atom. The molecule has 0 spiro atoms. The van der Waals surface area contributed by atoms with Crippen LogP contribution in [0.15, 0.2) is 46.2 Å². The van der Waals surface area contributed by atoms with Gasteiger partial charge in [-0.25, -0.2) is 21.6 Å². The molecule has 0 amide bonds. The first-order valence-electron chi connectivity index (χ1n) is 11.0.